The minimum absolute atomic E-state index is 0.173. The first-order valence-corrected chi connectivity index (χ1v) is 6.03. The normalized spacial score (nSPS) is 12.1. The summed E-state index contributed by atoms with van der Waals surface area (Å²) in [6.45, 7) is 0.316. The molecule has 0 aromatic heterocycles. The SMILES string of the molecule is O=C(O)C(NCc1ccccc1)c1ccc(F)c(F)c1. The maximum absolute atomic E-state index is 13.2. The Morgan fingerprint density at radius 3 is 2.40 bits per heavy atom. The Hall–Kier alpha value is -2.27. The molecule has 0 radical (unpaired) electrons. The molecule has 0 saturated heterocycles. The maximum Gasteiger partial charge on any atom is 0.325 e. The lowest BCUT2D eigenvalue weighted by Gasteiger charge is -2.15. The molecule has 0 aliphatic heterocycles. The minimum Gasteiger partial charge on any atom is -0.480 e. The number of halogens is 2. The van der Waals surface area contributed by atoms with Crippen molar-refractivity contribution in [3.63, 3.8) is 0 Å². The van der Waals surface area contributed by atoms with Gasteiger partial charge in [0.05, 0.1) is 0 Å². The van der Waals surface area contributed by atoms with Crippen LogP contribution in [0.25, 0.3) is 0 Å². The largest absolute Gasteiger partial charge is 0.480 e. The van der Waals surface area contributed by atoms with Crippen LogP contribution in [0.5, 0.6) is 0 Å². The fourth-order valence-electron chi connectivity index (χ4n) is 1.86. The molecule has 5 heteroatoms. The average Bonchev–Trinajstić information content (AvgIpc) is 2.43. The van der Waals surface area contributed by atoms with Crippen LogP contribution in [-0.2, 0) is 11.3 Å². The smallest absolute Gasteiger partial charge is 0.325 e. The number of hydrogen-bond donors (Lipinski definition) is 2. The van der Waals surface area contributed by atoms with Gasteiger partial charge < -0.3 is 5.11 Å². The summed E-state index contributed by atoms with van der Waals surface area (Å²) < 4.78 is 26.0. The monoisotopic (exact) mass is 277 g/mol. The highest BCUT2D eigenvalue weighted by Gasteiger charge is 2.20. The van der Waals surface area contributed by atoms with Crippen molar-refractivity contribution in [3.05, 3.63) is 71.3 Å². The van der Waals surface area contributed by atoms with Crippen LogP contribution in [-0.4, -0.2) is 11.1 Å². The van der Waals surface area contributed by atoms with Crippen molar-refractivity contribution in [3.8, 4) is 0 Å². The molecule has 2 aromatic rings. The van der Waals surface area contributed by atoms with Gasteiger partial charge in [0, 0.05) is 6.54 Å². The highest BCUT2D eigenvalue weighted by Crippen LogP contribution is 2.17. The number of carboxylic acids is 1. The third-order valence-corrected chi connectivity index (χ3v) is 2.88. The number of rotatable bonds is 5. The molecule has 104 valence electrons. The molecule has 0 aliphatic carbocycles. The summed E-state index contributed by atoms with van der Waals surface area (Å²) in [5.41, 5.74) is 1.08. The predicted molar refractivity (Wildman–Crippen MR) is 70.0 cm³/mol. The van der Waals surface area contributed by atoms with Crippen molar-refractivity contribution in [1.29, 1.82) is 0 Å². The summed E-state index contributed by atoms with van der Waals surface area (Å²) >= 11 is 0. The van der Waals surface area contributed by atoms with Crippen LogP contribution in [0, 0.1) is 11.6 Å². The van der Waals surface area contributed by atoms with E-state index < -0.39 is 23.6 Å². The molecular weight excluding hydrogens is 264 g/mol. The number of hydrogen-bond acceptors (Lipinski definition) is 2. The Morgan fingerprint density at radius 1 is 1.10 bits per heavy atom. The Labute approximate surface area is 114 Å². The van der Waals surface area contributed by atoms with E-state index in [9.17, 15) is 18.7 Å². The molecule has 3 nitrogen and oxygen atoms in total. The Bertz CT molecular complexity index is 602. The van der Waals surface area contributed by atoms with Crippen LogP contribution in [0.2, 0.25) is 0 Å². The Kier molecular flexibility index (Phi) is 4.42. The maximum atomic E-state index is 13.2. The summed E-state index contributed by atoms with van der Waals surface area (Å²) in [6, 6.07) is 11.2. The zero-order valence-electron chi connectivity index (χ0n) is 10.5. The van der Waals surface area contributed by atoms with E-state index in [1.165, 1.54) is 6.07 Å². The second kappa shape index (κ2) is 6.25. The second-order valence-corrected chi connectivity index (χ2v) is 4.31. The number of benzene rings is 2. The quantitative estimate of drug-likeness (QED) is 0.883. The zero-order valence-corrected chi connectivity index (χ0v) is 10.5. The van der Waals surface area contributed by atoms with Gasteiger partial charge >= 0.3 is 5.97 Å². The zero-order chi connectivity index (χ0) is 14.5. The van der Waals surface area contributed by atoms with E-state index in [-0.39, 0.29) is 5.56 Å². The van der Waals surface area contributed by atoms with Gasteiger partial charge in [-0.25, -0.2) is 8.78 Å². The summed E-state index contributed by atoms with van der Waals surface area (Å²) in [6.07, 6.45) is 0. The van der Waals surface area contributed by atoms with E-state index in [1.54, 1.807) is 0 Å². The number of carboxylic acid groups (broad SMARTS) is 1. The third-order valence-electron chi connectivity index (χ3n) is 2.88. The molecule has 0 fully saturated rings. The van der Waals surface area contributed by atoms with Crippen molar-refractivity contribution in [2.45, 2.75) is 12.6 Å². The van der Waals surface area contributed by atoms with Gasteiger partial charge in [0.15, 0.2) is 11.6 Å². The number of aliphatic carboxylic acids is 1. The number of carbonyl (C=O) groups is 1. The van der Waals surface area contributed by atoms with Crippen LogP contribution >= 0.6 is 0 Å². The standard InChI is InChI=1S/C15H13F2NO2/c16-12-7-6-11(8-13(12)17)14(15(19)20)18-9-10-4-2-1-3-5-10/h1-8,14,18H,9H2,(H,19,20). The predicted octanol–water partition coefficient (Wildman–Crippen LogP) is 2.88. The van der Waals surface area contributed by atoms with Crippen molar-refractivity contribution in [2.75, 3.05) is 0 Å². The third kappa shape index (κ3) is 3.39. The first-order valence-electron chi connectivity index (χ1n) is 6.03. The lowest BCUT2D eigenvalue weighted by atomic mass is 10.1. The van der Waals surface area contributed by atoms with Crippen molar-refractivity contribution in [2.24, 2.45) is 0 Å². The first-order chi connectivity index (χ1) is 9.58. The molecule has 2 rings (SSSR count). The molecule has 0 aliphatic rings. The molecule has 0 amide bonds. The van der Waals surface area contributed by atoms with E-state index >= 15 is 0 Å². The first kappa shape index (κ1) is 14.1. The van der Waals surface area contributed by atoms with Gasteiger partial charge in [0.2, 0.25) is 0 Å². The molecule has 1 atom stereocenters. The summed E-state index contributed by atoms with van der Waals surface area (Å²) in [5, 5.41) is 12.0. The Morgan fingerprint density at radius 2 is 1.80 bits per heavy atom. The minimum atomic E-state index is -1.15. The fourth-order valence-corrected chi connectivity index (χ4v) is 1.86. The van der Waals surface area contributed by atoms with Crippen molar-refractivity contribution in [1.82, 2.24) is 5.32 Å². The van der Waals surface area contributed by atoms with E-state index in [0.29, 0.717) is 6.54 Å². The van der Waals surface area contributed by atoms with Gasteiger partial charge in [0.1, 0.15) is 6.04 Å². The molecule has 0 saturated carbocycles. The molecule has 0 spiro atoms. The highest BCUT2D eigenvalue weighted by atomic mass is 19.2. The lowest BCUT2D eigenvalue weighted by molar-refractivity contribution is -0.139. The second-order valence-electron chi connectivity index (χ2n) is 4.31. The highest BCUT2D eigenvalue weighted by molar-refractivity contribution is 5.75. The lowest BCUT2D eigenvalue weighted by Crippen LogP contribution is -2.28. The van der Waals surface area contributed by atoms with Gasteiger partial charge in [-0.1, -0.05) is 36.4 Å². The average molecular weight is 277 g/mol. The van der Waals surface area contributed by atoms with Crippen molar-refractivity contribution < 1.29 is 18.7 Å². The van der Waals surface area contributed by atoms with Crippen LogP contribution in [0.1, 0.15) is 17.2 Å². The van der Waals surface area contributed by atoms with Gasteiger partial charge in [-0.2, -0.15) is 0 Å². The molecule has 2 aromatic carbocycles. The van der Waals surface area contributed by atoms with Crippen LogP contribution < -0.4 is 5.32 Å². The van der Waals surface area contributed by atoms with Gasteiger partial charge in [-0.05, 0) is 23.3 Å². The van der Waals surface area contributed by atoms with E-state index in [1.807, 2.05) is 30.3 Å². The molecule has 1 unspecified atom stereocenters. The van der Waals surface area contributed by atoms with Gasteiger partial charge in [-0.3, -0.25) is 10.1 Å². The molecule has 20 heavy (non-hydrogen) atoms. The molecular formula is C15H13F2NO2. The van der Waals surface area contributed by atoms with Gasteiger partial charge in [0.25, 0.3) is 0 Å². The van der Waals surface area contributed by atoms with Crippen LogP contribution in [0.15, 0.2) is 48.5 Å². The molecule has 2 N–H and O–H groups in total. The topological polar surface area (TPSA) is 49.3 Å². The fraction of sp³-hybridized carbons (Fsp3) is 0.133. The van der Waals surface area contributed by atoms with E-state index in [4.69, 9.17) is 0 Å². The van der Waals surface area contributed by atoms with Crippen LogP contribution in [0.3, 0.4) is 0 Å². The molecule has 0 bridgehead atoms. The van der Waals surface area contributed by atoms with Gasteiger partial charge in [-0.15, -0.1) is 0 Å². The summed E-state index contributed by atoms with van der Waals surface area (Å²) in [5.74, 6) is -3.21. The summed E-state index contributed by atoms with van der Waals surface area (Å²) in [4.78, 5) is 11.2. The van der Waals surface area contributed by atoms with Crippen LogP contribution in [0.4, 0.5) is 8.78 Å². The summed E-state index contributed by atoms with van der Waals surface area (Å²) in [7, 11) is 0. The molecule has 0 heterocycles. The van der Waals surface area contributed by atoms with Crippen molar-refractivity contribution >= 4 is 5.97 Å². The van der Waals surface area contributed by atoms with E-state index in [0.717, 1.165) is 17.7 Å². The Balaban J connectivity index is 2.15. The number of nitrogens with one attached hydrogen (secondary N) is 1. The van der Waals surface area contributed by atoms with E-state index in [2.05, 4.69) is 5.32 Å².